The number of hydrogen-bond acceptors (Lipinski definition) is 0. The smallest absolute Gasteiger partial charge is 0.203 e. The Bertz CT molecular complexity index is 637. The Morgan fingerprint density at radius 1 is 0.765 bits per heavy atom. The summed E-state index contributed by atoms with van der Waals surface area (Å²) in [6.07, 6.45) is 0. The van der Waals surface area contributed by atoms with Crippen molar-refractivity contribution in [3.05, 3.63) is 54.7 Å². The minimum Gasteiger partial charge on any atom is -0.203 e. The van der Waals surface area contributed by atoms with Crippen LogP contribution in [0.4, 0.5) is 17.6 Å². The second kappa shape index (κ2) is 3.69. The third-order valence-corrected chi connectivity index (χ3v) is 5.62. The molecule has 1 heterocycles. The van der Waals surface area contributed by atoms with Gasteiger partial charge in [0.15, 0.2) is 11.6 Å². The second-order valence-corrected chi connectivity index (χ2v) is 6.30. The van der Waals surface area contributed by atoms with E-state index in [1.807, 2.05) is 0 Å². The Hall–Kier alpha value is -1.11. The van der Waals surface area contributed by atoms with Crippen LogP contribution < -0.4 is 21.2 Å². The van der Waals surface area contributed by atoms with Crippen molar-refractivity contribution in [2.75, 3.05) is 0 Å². The lowest BCUT2D eigenvalue weighted by Gasteiger charge is -2.01. The lowest BCUT2D eigenvalue weighted by molar-refractivity contribution is -0.593. The maximum absolute atomic E-state index is 13.7. The summed E-state index contributed by atoms with van der Waals surface area (Å²) in [6.45, 7) is 0. The van der Waals surface area contributed by atoms with E-state index >= 15 is 0 Å². The Morgan fingerprint density at radius 2 is 1.41 bits per heavy atom. The molecule has 2 aromatic carbocycles. The van der Waals surface area contributed by atoms with Crippen LogP contribution in [0.5, 0.6) is 0 Å². The van der Waals surface area contributed by atoms with E-state index in [9.17, 15) is 17.6 Å². The molecule has 0 saturated heterocycles. The molecule has 17 heavy (non-hydrogen) atoms. The Balaban J connectivity index is 2.41. The molecule has 1 aliphatic rings. The summed E-state index contributed by atoms with van der Waals surface area (Å²) in [5, 5.41) is 0. The van der Waals surface area contributed by atoms with Crippen LogP contribution in [0.1, 0.15) is 0 Å². The maximum atomic E-state index is 13.7. The molecule has 1 aliphatic heterocycles. The van der Waals surface area contributed by atoms with Crippen LogP contribution in [-0.4, -0.2) is 0 Å². The molecule has 0 spiro atoms. The quantitative estimate of drug-likeness (QED) is 0.237. The molecule has 0 saturated carbocycles. The van der Waals surface area contributed by atoms with E-state index in [1.165, 1.54) is 0 Å². The number of rotatable bonds is 0. The van der Waals surface area contributed by atoms with Gasteiger partial charge < -0.3 is 0 Å². The average molecular weight is 351 g/mol. The van der Waals surface area contributed by atoms with E-state index in [1.54, 1.807) is 24.3 Å². The Labute approximate surface area is 105 Å². The highest BCUT2D eigenvalue weighted by Gasteiger charge is 2.42. The first kappa shape index (κ1) is 11.0. The second-order valence-electron chi connectivity index (χ2n) is 3.52. The maximum Gasteiger partial charge on any atom is 0.362 e. The predicted octanol–water partition coefficient (Wildman–Crippen LogP) is 0.352. The monoisotopic (exact) mass is 351 g/mol. The number of benzene rings is 2. The molecule has 0 aromatic heterocycles. The first-order valence-electron chi connectivity index (χ1n) is 4.71. The molecule has 86 valence electrons. The van der Waals surface area contributed by atoms with Gasteiger partial charge in [0.25, 0.3) is 0 Å². The Kier molecular flexibility index (Phi) is 2.39. The van der Waals surface area contributed by atoms with E-state index in [-0.39, 0.29) is 9.13 Å². The van der Waals surface area contributed by atoms with Gasteiger partial charge in [0, 0.05) is 5.56 Å². The van der Waals surface area contributed by atoms with Crippen molar-refractivity contribution in [1.29, 1.82) is 0 Å². The van der Waals surface area contributed by atoms with Gasteiger partial charge in [0.2, 0.25) is 18.8 Å². The molecule has 0 atom stereocenters. The van der Waals surface area contributed by atoms with Crippen molar-refractivity contribution >= 4 is 0 Å². The van der Waals surface area contributed by atoms with E-state index in [0.29, 0.717) is 5.56 Å². The minimum absolute atomic E-state index is 0.00130. The average Bonchev–Trinajstić information content (AvgIpc) is 2.73. The van der Waals surface area contributed by atoms with Gasteiger partial charge in [0.1, 0.15) is 0 Å². The molecule has 0 N–H and O–H groups in total. The Morgan fingerprint density at radius 3 is 2.18 bits per heavy atom. The van der Waals surface area contributed by atoms with Crippen LogP contribution in [-0.2, 0) is 0 Å². The summed E-state index contributed by atoms with van der Waals surface area (Å²) in [5.41, 5.74) is 0.371. The molecular weight excluding hydrogens is 347 g/mol. The molecule has 3 rings (SSSR count). The van der Waals surface area contributed by atoms with Gasteiger partial charge >= 0.3 is 21.2 Å². The van der Waals surface area contributed by atoms with Gasteiger partial charge in [-0.15, -0.1) is 0 Å². The molecule has 0 bridgehead atoms. The van der Waals surface area contributed by atoms with Gasteiger partial charge in [-0.25, -0.2) is 13.2 Å². The number of fused-ring (bicyclic) bond motifs is 3. The summed E-state index contributed by atoms with van der Waals surface area (Å²) < 4.78 is 54.3. The zero-order valence-corrected chi connectivity index (χ0v) is 10.4. The lowest BCUT2D eigenvalue weighted by atomic mass is 10.0. The fourth-order valence-electron chi connectivity index (χ4n) is 1.78. The standard InChI is InChI=1S/C12H4F4I/c13-8-7-5-3-1-2-4-6(5)17-12(7)11(16)10(15)9(8)14/h1-4H/q+1. The van der Waals surface area contributed by atoms with Crippen molar-refractivity contribution in [2.24, 2.45) is 0 Å². The van der Waals surface area contributed by atoms with E-state index in [0.717, 1.165) is 3.57 Å². The predicted molar refractivity (Wildman–Crippen MR) is 49.1 cm³/mol. The highest BCUT2D eigenvalue weighted by molar-refractivity contribution is 5.65. The highest BCUT2D eigenvalue weighted by atomic mass is 127. The van der Waals surface area contributed by atoms with Gasteiger partial charge in [-0.2, -0.15) is 4.39 Å². The SMILES string of the molecule is Fc1c(F)c(F)c2c(c1F)[I+]c1ccccc1-2. The first-order valence-corrected chi connectivity index (χ1v) is 6.87. The third-order valence-electron chi connectivity index (χ3n) is 2.55. The zero-order chi connectivity index (χ0) is 12.2. The van der Waals surface area contributed by atoms with Gasteiger partial charge in [-0.1, -0.05) is 12.1 Å². The molecule has 5 heteroatoms. The normalized spacial score (nSPS) is 12.5. The van der Waals surface area contributed by atoms with Crippen LogP contribution in [0.2, 0.25) is 0 Å². The largest absolute Gasteiger partial charge is 0.362 e. The van der Waals surface area contributed by atoms with Crippen LogP contribution in [0, 0.1) is 30.4 Å². The molecule has 0 radical (unpaired) electrons. The molecular formula is C12H4F4I+. The molecule has 0 amide bonds. The molecule has 2 aromatic rings. The minimum atomic E-state index is -1.73. The van der Waals surface area contributed by atoms with Crippen molar-refractivity contribution in [2.45, 2.75) is 0 Å². The summed E-state index contributed by atoms with van der Waals surface area (Å²) >= 11 is -0.987. The van der Waals surface area contributed by atoms with Gasteiger partial charge in [0.05, 0.1) is 5.56 Å². The lowest BCUT2D eigenvalue weighted by Crippen LogP contribution is -3.61. The summed E-state index contributed by atoms with van der Waals surface area (Å²) in [6, 6.07) is 6.74. The van der Waals surface area contributed by atoms with Crippen LogP contribution in [0.15, 0.2) is 24.3 Å². The highest BCUT2D eigenvalue weighted by Crippen LogP contribution is 2.30. The van der Waals surface area contributed by atoms with Gasteiger partial charge in [-0.05, 0) is 12.1 Å². The summed E-state index contributed by atoms with van der Waals surface area (Å²) in [4.78, 5) is 0. The van der Waals surface area contributed by atoms with Crippen LogP contribution in [0.3, 0.4) is 0 Å². The molecule has 0 nitrogen and oxygen atoms in total. The molecule has 0 aliphatic carbocycles. The van der Waals surface area contributed by atoms with E-state index in [2.05, 4.69) is 0 Å². The summed E-state index contributed by atoms with van der Waals surface area (Å²) in [5.74, 6) is -5.98. The number of hydrogen-bond donors (Lipinski definition) is 0. The van der Waals surface area contributed by atoms with Gasteiger partial charge in [-0.3, -0.25) is 0 Å². The van der Waals surface area contributed by atoms with Crippen LogP contribution >= 0.6 is 0 Å². The van der Waals surface area contributed by atoms with Crippen molar-refractivity contribution in [3.8, 4) is 11.1 Å². The molecule has 0 fully saturated rings. The van der Waals surface area contributed by atoms with Crippen molar-refractivity contribution < 1.29 is 38.8 Å². The van der Waals surface area contributed by atoms with Crippen molar-refractivity contribution in [3.63, 3.8) is 0 Å². The third kappa shape index (κ3) is 1.41. The topological polar surface area (TPSA) is 0 Å². The number of halogens is 5. The van der Waals surface area contributed by atoms with E-state index in [4.69, 9.17) is 0 Å². The molecule has 0 unspecified atom stereocenters. The van der Waals surface area contributed by atoms with E-state index < -0.39 is 44.5 Å². The fourth-order valence-corrected chi connectivity index (χ4v) is 4.76. The first-order chi connectivity index (χ1) is 8.11. The zero-order valence-electron chi connectivity index (χ0n) is 8.20. The summed E-state index contributed by atoms with van der Waals surface area (Å²) in [7, 11) is 0. The van der Waals surface area contributed by atoms with Crippen LogP contribution in [0.25, 0.3) is 11.1 Å². The van der Waals surface area contributed by atoms with Crippen molar-refractivity contribution in [1.82, 2.24) is 0 Å². The fraction of sp³-hybridized carbons (Fsp3) is 0.